The van der Waals surface area contributed by atoms with E-state index in [0.29, 0.717) is 11.6 Å². The minimum absolute atomic E-state index is 0.0454. The van der Waals surface area contributed by atoms with Crippen LogP contribution in [0.15, 0.2) is 48.5 Å². The summed E-state index contributed by atoms with van der Waals surface area (Å²) in [6.45, 7) is 2.42. The Hall–Kier alpha value is -1.55. The van der Waals surface area contributed by atoms with Gasteiger partial charge < -0.3 is 15.5 Å². The Labute approximate surface area is 123 Å². The van der Waals surface area contributed by atoms with Crippen LogP contribution in [0.5, 0.6) is 5.75 Å². The molecule has 0 saturated carbocycles. The molecular formula is C16H18ClNO2. The highest BCUT2D eigenvalue weighted by Gasteiger charge is 2.10. The van der Waals surface area contributed by atoms with Crippen LogP contribution in [-0.4, -0.2) is 16.8 Å². The molecule has 20 heavy (non-hydrogen) atoms. The Morgan fingerprint density at radius 2 is 1.80 bits per heavy atom. The van der Waals surface area contributed by atoms with Crippen LogP contribution >= 0.6 is 11.6 Å². The SMILES string of the molecule is CC(NCC(O)c1ccc(Cl)cc1)c1cccc(O)c1. The Morgan fingerprint density at radius 1 is 1.10 bits per heavy atom. The van der Waals surface area contributed by atoms with Crippen LogP contribution in [0.1, 0.15) is 30.2 Å². The minimum Gasteiger partial charge on any atom is -0.508 e. The van der Waals surface area contributed by atoms with Gasteiger partial charge in [-0.2, -0.15) is 0 Å². The first-order valence-electron chi connectivity index (χ1n) is 6.52. The Bertz CT molecular complexity index is 557. The third-order valence-corrected chi connectivity index (χ3v) is 3.49. The van der Waals surface area contributed by atoms with E-state index in [-0.39, 0.29) is 11.8 Å². The molecule has 3 nitrogen and oxygen atoms in total. The maximum Gasteiger partial charge on any atom is 0.115 e. The highest BCUT2D eigenvalue weighted by molar-refractivity contribution is 6.30. The molecule has 3 N–H and O–H groups in total. The first-order valence-corrected chi connectivity index (χ1v) is 6.90. The number of halogens is 1. The van der Waals surface area contributed by atoms with Gasteiger partial charge in [-0.05, 0) is 42.3 Å². The fourth-order valence-corrected chi connectivity index (χ4v) is 2.13. The molecular weight excluding hydrogens is 274 g/mol. The van der Waals surface area contributed by atoms with Gasteiger partial charge in [0, 0.05) is 17.6 Å². The van der Waals surface area contributed by atoms with Gasteiger partial charge in [-0.1, -0.05) is 35.9 Å². The highest BCUT2D eigenvalue weighted by atomic mass is 35.5. The number of aromatic hydroxyl groups is 1. The second-order valence-electron chi connectivity index (χ2n) is 4.79. The second kappa shape index (κ2) is 6.75. The van der Waals surface area contributed by atoms with Crippen molar-refractivity contribution in [3.05, 3.63) is 64.7 Å². The van der Waals surface area contributed by atoms with Crippen molar-refractivity contribution in [2.75, 3.05) is 6.54 Å². The summed E-state index contributed by atoms with van der Waals surface area (Å²) in [7, 11) is 0. The highest BCUT2D eigenvalue weighted by Crippen LogP contribution is 2.20. The molecule has 4 heteroatoms. The number of phenols is 1. The normalized spacial score (nSPS) is 13.9. The summed E-state index contributed by atoms with van der Waals surface area (Å²) in [6.07, 6.45) is -0.591. The summed E-state index contributed by atoms with van der Waals surface area (Å²) in [4.78, 5) is 0. The lowest BCUT2D eigenvalue weighted by molar-refractivity contribution is 0.171. The van der Waals surface area contributed by atoms with Gasteiger partial charge in [-0.3, -0.25) is 0 Å². The van der Waals surface area contributed by atoms with Crippen molar-refractivity contribution < 1.29 is 10.2 Å². The van der Waals surface area contributed by atoms with Gasteiger partial charge in [0.1, 0.15) is 5.75 Å². The average Bonchev–Trinajstić information content (AvgIpc) is 2.45. The second-order valence-corrected chi connectivity index (χ2v) is 5.23. The van der Waals surface area contributed by atoms with E-state index in [4.69, 9.17) is 11.6 Å². The van der Waals surface area contributed by atoms with Crippen LogP contribution in [0, 0.1) is 0 Å². The Balaban J connectivity index is 1.93. The van der Waals surface area contributed by atoms with E-state index in [2.05, 4.69) is 5.32 Å². The third kappa shape index (κ3) is 3.97. The number of aliphatic hydroxyl groups excluding tert-OH is 1. The number of hydrogen-bond donors (Lipinski definition) is 3. The zero-order valence-electron chi connectivity index (χ0n) is 11.3. The van der Waals surface area contributed by atoms with E-state index in [9.17, 15) is 10.2 Å². The lowest BCUT2D eigenvalue weighted by Crippen LogP contribution is -2.24. The topological polar surface area (TPSA) is 52.5 Å². The smallest absolute Gasteiger partial charge is 0.115 e. The first kappa shape index (κ1) is 14.9. The molecule has 0 heterocycles. The predicted molar refractivity (Wildman–Crippen MR) is 80.9 cm³/mol. The van der Waals surface area contributed by atoms with Crippen LogP contribution in [0.4, 0.5) is 0 Å². The van der Waals surface area contributed by atoms with Gasteiger partial charge in [0.25, 0.3) is 0 Å². The van der Waals surface area contributed by atoms with Crippen LogP contribution in [0.2, 0.25) is 5.02 Å². The average molecular weight is 292 g/mol. The summed E-state index contributed by atoms with van der Waals surface area (Å²) < 4.78 is 0. The van der Waals surface area contributed by atoms with Crippen molar-refractivity contribution in [3.8, 4) is 5.75 Å². The Morgan fingerprint density at radius 3 is 2.45 bits per heavy atom. The predicted octanol–water partition coefficient (Wildman–Crippen LogP) is 3.43. The number of nitrogens with one attached hydrogen (secondary N) is 1. The van der Waals surface area contributed by atoms with Crippen molar-refractivity contribution in [1.29, 1.82) is 0 Å². The maximum absolute atomic E-state index is 10.1. The van der Waals surface area contributed by atoms with Crippen LogP contribution < -0.4 is 5.32 Å². The molecule has 0 bridgehead atoms. The standard InChI is InChI=1S/C16H18ClNO2/c1-11(13-3-2-4-15(19)9-13)18-10-16(20)12-5-7-14(17)8-6-12/h2-9,11,16,18-20H,10H2,1H3. The minimum atomic E-state index is -0.591. The third-order valence-electron chi connectivity index (χ3n) is 3.24. The molecule has 2 aromatic rings. The van der Waals surface area contributed by atoms with Gasteiger partial charge in [0.15, 0.2) is 0 Å². The molecule has 0 fully saturated rings. The molecule has 2 rings (SSSR count). The molecule has 0 aliphatic heterocycles. The van der Waals surface area contributed by atoms with Gasteiger partial charge in [0.05, 0.1) is 6.10 Å². The number of hydrogen-bond acceptors (Lipinski definition) is 3. The van der Waals surface area contributed by atoms with Gasteiger partial charge >= 0.3 is 0 Å². The Kier molecular flexibility index (Phi) is 5.01. The molecule has 2 atom stereocenters. The molecule has 106 valence electrons. The quantitative estimate of drug-likeness (QED) is 0.791. The van der Waals surface area contributed by atoms with Crippen LogP contribution in [0.25, 0.3) is 0 Å². The largest absolute Gasteiger partial charge is 0.508 e. The summed E-state index contributed by atoms with van der Waals surface area (Å²) in [5, 5.41) is 23.5. The van der Waals surface area contributed by atoms with Crippen molar-refractivity contribution in [2.45, 2.75) is 19.1 Å². The van der Waals surface area contributed by atoms with Crippen LogP contribution in [0.3, 0.4) is 0 Å². The molecule has 2 aromatic carbocycles. The van der Waals surface area contributed by atoms with E-state index in [1.807, 2.05) is 25.1 Å². The van der Waals surface area contributed by atoms with Crippen molar-refractivity contribution >= 4 is 11.6 Å². The first-order chi connectivity index (χ1) is 9.56. The summed E-state index contributed by atoms with van der Waals surface area (Å²) in [5.41, 5.74) is 1.80. The fraction of sp³-hybridized carbons (Fsp3) is 0.250. The molecule has 0 aliphatic carbocycles. The fourth-order valence-electron chi connectivity index (χ4n) is 2.00. The zero-order chi connectivity index (χ0) is 14.5. The van der Waals surface area contributed by atoms with E-state index >= 15 is 0 Å². The number of rotatable bonds is 5. The molecule has 0 radical (unpaired) electrons. The number of benzene rings is 2. The van der Waals surface area contributed by atoms with E-state index < -0.39 is 6.10 Å². The van der Waals surface area contributed by atoms with Gasteiger partial charge in [-0.15, -0.1) is 0 Å². The monoisotopic (exact) mass is 291 g/mol. The summed E-state index contributed by atoms with van der Waals surface area (Å²) in [5.74, 6) is 0.245. The maximum atomic E-state index is 10.1. The molecule has 0 saturated heterocycles. The van der Waals surface area contributed by atoms with Gasteiger partial charge in [-0.25, -0.2) is 0 Å². The van der Waals surface area contributed by atoms with E-state index in [0.717, 1.165) is 11.1 Å². The zero-order valence-corrected chi connectivity index (χ0v) is 12.0. The van der Waals surface area contributed by atoms with Crippen LogP contribution in [-0.2, 0) is 0 Å². The van der Waals surface area contributed by atoms with Gasteiger partial charge in [0.2, 0.25) is 0 Å². The van der Waals surface area contributed by atoms with Crippen molar-refractivity contribution in [1.82, 2.24) is 5.32 Å². The lowest BCUT2D eigenvalue weighted by atomic mass is 10.1. The molecule has 2 unspecified atom stereocenters. The van der Waals surface area contributed by atoms with E-state index in [1.54, 1.807) is 30.3 Å². The molecule has 0 amide bonds. The van der Waals surface area contributed by atoms with E-state index in [1.165, 1.54) is 0 Å². The summed E-state index contributed by atoms with van der Waals surface area (Å²) in [6, 6.07) is 14.3. The lowest BCUT2D eigenvalue weighted by Gasteiger charge is -2.18. The summed E-state index contributed by atoms with van der Waals surface area (Å²) >= 11 is 5.82. The van der Waals surface area contributed by atoms with Crippen molar-refractivity contribution in [2.24, 2.45) is 0 Å². The number of aliphatic hydroxyl groups is 1. The van der Waals surface area contributed by atoms with Crippen molar-refractivity contribution in [3.63, 3.8) is 0 Å². The molecule has 0 spiro atoms. The molecule has 0 aromatic heterocycles. The number of phenolic OH excluding ortho intramolecular Hbond substituents is 1. The molecule has 0 aliphatic rings.